The number of hydrogen-bond acceptors (Lipinski definition) is 6. The van der Waals surface area contributed by atoms with Gasteiger partial charge in [0.1, 0.15) is 11.4 Å². The average molecular weight is 385 g/mol. The third-order valence-electron chi connectivity index (χ3n) is 4.40. The van der Waals surface area contributed by atoms with Crippen LogP contribution in [0.4, 0.5) is 0 Å². The molecule has 8 nitrogen and oxygen atoms in total. The summed E-state index contributed by atoms with van der Waals surface area (Å²) in [5, 5.41) is 2.81. The lowest BCUT2D eigenvalue weighted by molar-refractivity contribution is 0.0299. The summed E-state index contributed by atoms with van der Waals surface area (Å²) in [6, 6.07) is 10.3. The molecule has 28 heavy (non-hydrogen) atoms. The van der Waals surface area contributed by atoms with Crippen LogP contribution >= 0.6 is 0 Å². The fourth-order valence-corrected chi connectivity index (χ4v) is 2.87. The molecule has 0 spiro atoms. The van der Waals surface area contributed by atoms with Crippen LogP contribution in [-0.4, -0.2) is 62.2 Å². The topological polar surface area (TPSA) is 90.0 Å². The van der Waals surface area contributed by atoms with E-state index in [9.17, 15) is 9.59 Å². The number of pyridine rings is 1. The number of hydrogen-bond donors (Lipinski definition) is 1. The van der Waals surface area contributed by atoms with Crippen LogP contribution in [0.2, 0.25) is 0 Å². The number of methoxy groups -OCH3 is 2. The van der Waals surface area contributed by atoms with Gasteiger partial charge in [0.2, 0.25) is 0 Å². The van der Waals surface area contributed by atoms with E-state index in [-0.39, 0.29) is 23.2 Å². The predicted molar refractivity (Wildman–Crippen MR) is 102 cm³/mol. The molecule has 0 unspecified atom stereocenters. The molecule has 1 aromatic heterocycles. The zero-order valence-electron chi connectivity index (χ0n) is 15.9. The molecule has 3 rings (SSSR count). The number of carbonyl (C=O) groups is 2. The molecular weight excluding hydrogens is 362 g/mol. The van der Waals surface area contributed by atoms with E-state index in [1.165, 1.54) is 0 Å². The number of carbonyl (C=O) groups excluding carboxylic acids is 2. The molecule has 148 valence electrons. The fraction of sp³-hybridized carbons (Fsp3) is 0.350. The lowest BCUT2D eigenvalue weighted by atomic mass is 10.2. The molecule has 2 aromatic rings. The average Bonchev–Trinajstić information content (AvgIpc) is 2.77. The number of aromatic nitrogens is 1. The molecule has 1 aromatic carbocycles. The van der Waals surface area contributed by atoms with Crippen LogP contribution in [-0.2, 0) is 11.3 Å². The summed E-state index contributed by atoms with van der Waals surface area (Å²) >= 11 is 0. The number of ether oxygens (including phenoxy) is 3. The van der Waals surface area contributed by atoms with Gasteiger partial charge in [-0.3, -0.25) is 9.59 Å². The van der Waals surface area contributed by atoms with Crippen molar-refractivity contribution in [2.45, 2.75) is 6.54 Å². The molecule has 1 aliphatic rings. The number of benzene rings is 1. The van der Waals surface area contributed by atoms with Gasteiger partial charge >= 0.3 is 0 Å². The molecule has 1 saturated heterocycles. The standard InChI is InChI=1S/C20H23N3O5/c1-26-17-7-6-14(12-18(17)27-2)13-21-19(24)15-4-3-5-16(22-15)20(25)23-8-10-28-11-9-23/h3-7,12H,8-11,13H2,1-2H3,(H,21,24). The zero-order chi connectivity index (χ0) is 19.9. The number of nitrogens with zero attached hydrogens (tertiary/aromatic N) is 2. The van der Waals surface area contributed by atoms with Crippen molar-refractivity contribution in [3.8, 4) is 11.5 Å². The third kappa shape index (κ3) is 4.58. The lowest BCUT2D eigenvalue weighted by Gasteiger charge is -2.26. The molecule has 1 fully saturated rings. The largest absolute Gasteiger partial charge is 0.493 e. The molecule has 1 aliphatic heterocycles. The van der Waals surface area contributed by atoms with Gasteiger partial charge in [-0.2, -0.15) is 0 Å². The molecule has 0 bridgehead atoms. The summed E-state index contributed by atoms with van der Waals surface area (Å²) in [4.78, 5) is 30.9. The minimum Gasteiger partial charge on any atom is -0.493 e. The van der Waals surface area contributed by atoms with Crippen molar-refractivity contribution >= 4 is 11.8 Å². The highest BCUT2D eigenvalue weighted by Gasteiger charge is 2.20. The van der Waals surface area contributed by atoms with E-state index in [0.29, 0.717) is 44.3 Å². The third-order valence-corrected chi connectivity index (χ3v) is 4.40. The van der Waals surface area contributed by atoms with E-state index in [1.54, 1.807) is 49.5 Å². The van der Waals surface area contributed by atoms with Crippen LogP contribution in [0.15, 0.2) is 36.4 Å². The maximum atomic E-state index is 12.5. The molecule has 2 amide bonds. The predicted octanol–water partition coefficient (Wildman–Crippen LogP) is 1.50. The van der Waals surface area contributed by atoms with Gasteiger partial charge in [0.15, 0.2) is 11.5 Å². The molecule has 1 N–H and O–H groups in total. The maximum Gasteiger partial charge on any atom is 0.272 e. The van der Waals surface area contributed by atoms with E-state index in [1.807, 2.05) is 6.07 Å². The summed E-state index contributed by atoms with van der Waals surface area (Å²) in [6.45, 7) is 2.36. The smallest absolute Gasteiger partial charge is 0.272 e. The Morgan fingerprint density at radius 3 is 2.50 bits per heavy atom. The Labute approximate surface area is 163 Å². The second-order valence-electron chi connectivity index (χ2n) is 6.18. The van der Waals surface area contributed by atoms with Crippen LogP contribution in [0.5, 0.6) is 11.5 Å². The molecule has 0 atom stereocenters. The summed E-state index contributed by atoms with van der Waals surface area (Å²) < 4.78 is 15.7. The van der Waals surface area contributed by atoms with Gasteiger partial charge in [-0.05, 0) is 29.8 Å². The van der Waals surface area contributed by atoms with Crippen molar-refractivity contribution in [1.29, 1.82) is 0 Å². The van der Waals surface area contributed by atoms with Crippen molar-refractivity contribution in [3.63, 3.8) is 0 Å². The second kappa shape index (κ2) is 9.18. The Morgan fingerprint density at radius 2 is 1.79 bits per heavy atom. The van der Waals surface area contributed by atoms with Crippen molar-refractivity contribution in [3.05, 3.63) is 53.3 Å². The fourth-order valence-electron chi connectivity index (χ4n) is 2.87. The van der Waals surface area contributed by atoms with Crippen molar-refractivity contribution in [2.75, 3.05) is 40.5 Å². The van der Waals surface area contributed by atoms with Gasteiger partial charge in [0.05, 0.1) is 27.4 Å². The van der Waals surface area contributed by atoms with Gasteiger partial charge in [-0.1, -0.05) is 12.1 Å². The first-order valence-corrected chi connectivity index (χ1v) is 8.95. The Hall–Kier alpha value is -3.13. The highest BCUT2D eigenvalue weighted by Crippen LogP contribution is 2.27. The minimum absolute atomic E-state index is 0.194. The number of nitrogens with one attached hydrogen (secondary N) is 1. The highest BCUT2D eigenvalue weighted by molar-refractivity contribution is 5.96. The SMILES string of the molecule is COc1ccc(CNC(=O)c2cccc(C(=O)N3CCOCC3)n2)cc1OC. The van der Waals surface area contributed by atoms with E-state index >= 15 is 0 Å². The zero-order valence-corrected chi connectivity index (χ0v) is 15.9. The van der Waals surface area contributed by atoms with Gasteiger partial charge in [-0.15, -0.1) is 0 Å². The molecule has 0 aliphatic carbocycles. The number of amides is 2. The Kier molecular flexibility index (Phi) is 6.44. The quantitative estimate of drug-likeness (QED) is 0.811. The highest BCUT2D eigenvalue weighted by atomic mass is 16.5. The first kappa shape index (κ1) is 19.6. The van der Waals surface area contributed by atoms with E-state index in [2.05, 4.69) is 10.3 Å². The molecular formula is C20H23N3O5. The normalized spacial score (nSPS) is 13.7. The Morgan fingerprint density at radius 1 is 1.07 bits per heavy atom. The number of rotatable bonds is 6. The van der Waals surface area contributed by atoms with Crippen molar-refractivity contribution < 1.29 is 23.8 Å². The molecule has 0 saturated carbocycles. The van der Waals surface area contributed by atoms with Crippen LogP contribution in [0, 0.1) is 0 Å². The summed E-state index contributed by atoms with van der Waals surface area (Å²) in [5.41, 5.74) is 1.30. The summed E-state index contributed by atoms with van der Waals surface area (Å²) in [5.74, 6) is 0.656. The van der Waals surface area contributed by atoms with E-state index in [4.69, 9.17) is 14.2 Å². The first-order chi connectivity index (χ1) is 13.6. The summed E-state index contributed by atoms with van der Waals surface area (Å²) in [6.07, 6.45) is 0. The van der Waals surface area contributed by atoms with Crippen molar-refractivity contribution in [1.82, 2.24) is 15.2 Å². The van der Waals surface area contributed by atoms with Gasteiger partial charge in [-0.25, -0.2) is 4.98 Å². The van der Waals surface area contributed by atoms with Gasteiger partial charge in [0, 0.05) is 19.6 Å². The lowest BCUT2D eigenvalue weighted by Crippen LogP contribution is -2.41. The second-order valence-corrected chi connectivity index (χ2v) is 6.18. The first-order valence-electron chi connectivity index (χ1n) is 8.95. The van der Waals surface area contributed by atoms with E-state index in [0.717, 1.165) is 5.56 Å². The van der Waals surface area contributed by atoms with Crippen LogP contribution < -0.4 is 14.8 Å². The van der Waals surface area contributed by atoms with Crippen LogP contribution in [0.3, 0.4) is 0 Å². The summed E-state index contributed by atoms with van der Waals surface area (Å²) in [7, 11) is 3.12. The van der Waals surface area contributed by atoms with Gasteiger partial charge in [0.25, 0.3) is 11.8 Å². The minimum atomic E-state index is -0.355. The van der Waals surface area contributed by atoms with E-state index < -0.39 is 0 Å². The monoisotopic (exact) mass is 385 g/mol. The van der Waals surface area contributed by atoms with Crippen LogP contribution in [0.25, 0.3) is 0 Å². The number of morpholine rings is 1. The van der Waals surface area contributed by atoms with Crippen molar-refractivity contribution in [2.24, 2.45) is 0 Å². The Balaban J connectivity index is 1.65. The molecule has 0 radical (unpaired) electrons. The molecule has 8 heteroatoms. The molecule has 2 heterocycles. The maximum absolute atomic E-state index is 12.5. The van der Waals surface area contributed by atoms with Crippen LogP contribution in [0.1, 0.15) is 26.5 Å². The Bertz CT molecular complexity index is 849. The van der Waals surface area contributed by atoms with Gasteiger partial charge < -0.3 is 24.4 Å².